The minimum absolute atomic E-state index is 0.0540. The number of aliphatic hydroxyl groups excluding tert-OH is 3. The highest BCUT2D eigenvalue weighted by molar-refractivity contribution is 5.94. The number of aromatic amines is 1. The van der Waals surface area contributed by atoms with Crippen LogP contribution in [0.25, 0.3) is 22.1 Å². The van der Waals surface area contributed by atoms with Gasteiger partial charge in [0.05, 0.1) is 12.1 Å². The van der Waals surface area contributed by atoms with Crippen LogP contribution in [0.2, 0.25) is 0 Å². The summed E-state index contributed by atoms with van der Waals surface area (Å²) < 4.78 is 6.93. The van der Waals surface area contributed by atoms with Crippen molar-refractivity contribution in [3.8, 4) is 5.88 Å². The fourth-order valence-electron chi connectivity index (χ4n) is 3.62. The number of para-hydroxylation sites is 1. The van der Waals surface area contributed by atoms with Crippen molar-refractivity contribution >= 4 is 39.5 Å². The number of benzene rings is 1. The van der Waals surface area contributed by atoms with Crippen molar-refractivity contribution in [1.29, 1.82) is 0 Å². The molecule has 1 aliphatic heterocycles. The van der Waals surface area contributed by atoms with E-state index in [0.29, 0.717) is 10.9 Å². The normalized spacial score (nSPS) is 24.1. The highest BCUT2D eigenvalue weighted by Crippen LogP contribution is 2.39. The third-order valence-electron chi connectivity index (χ3n) is 5.16. The van der Waals surface area contributed by atoms with Gasteiger partial charge in [-0.25, -0.2) is 15.0 Å². The second kappa shape index (κ2) is 7.24. The van der Waals surface area contributed by atoms with Gasteiger partial charge in [-0.15, -0.1) is 10.2 Å². The molecule has 1 saturated heterocycles. The minimum Gasteiger partial charge on any atom is -0.493 e. The molecule has 0 radical (unpaired) electrons. The van der Waals surface area contributed by atoms with E-state index in [-0.39, 0.29) is 34.5 Å². The number of rotatable bonds is 4. The first-order valence-corrected chi connectivity index (χ1v) is 9.32. The lowest BCUT2D eigenvalue weighted by atomic mass is 10.1. The maximum absolute atomic E-state index is 10.5. The Morgan fingerprint density at radius 3 is 2.74 bits per heavy atom. The smallest absolute Gasteiger partial charge is 0.254 e. The number of nitrogens with one attached hydrogen (secondary N) is 1. The number of hydrogen-bond acceptors (Lipinski definition) is 11. The fraction of sp³-hybridized carbons (Fsp3) is 0.278. The number of aliphatic hydroxyl groups is 3. The molecule has 1 aliphatic rings. The molecule has 4 heterocycles. The molecule has 0 bridgehead atoms. The molecule has 0 amide bonds. The van der Waals surface area contributed by atoms with E-state index in [4.69, 9.17) is 10.5 Å². The lowest BCUT2D eigenvalue weighted by Gasteiger charge is -2.17. The zero-order valence-electron chi connectivity index (χ0n) is 15.9. The van der Waals surface area contributed by atoms with Crippen LogP contribution in [0.15, 0.2) is 40.8 Å². The molecule has 7 N–H and O–H groups in total. The predicted octanol–water partition coefficient (Wildman–Crippen LogP) is 0.622. The van der Waals surface area contributed by atoms with Crippen molar-refractivity contribution in [3.63, 3.8) is 0 Å². The van der Waals surface area contributed by atoms with E-state index < -0.39 is 31.1 Å². The second-order valence-electron chi connectivity index (χ2n) is 7.01. The van der Waals surface area contributed by atoms with Crippen molar-refractivity contribution in [2.45, 2.75) is 24.5 Å². The third-order valence-corrected chi connectivity index (χ3v) is 5.16. The number of aromatic hydroxyl groups is 1. The fourth-order valence-corrected chi connectivity index (χ4v) is 3.62. The van der Waals surface area contributed by atoms with Gasteiger partial charge >= 0.3 is 0 Å². The zero-order valence-corrected chi connectivity index (χ0v) is 15.9. The lowest BCUT2D eigenvalue weighted by Crippen LogP contribution is -2.33. The molecular formula is C18H18N8O5. The summed E-state index contributed by atoms with van der Waals surface area (Å²) in [6.07, 6.45) is -3.71. The van der Waals surface area contributed by atoms with Crippen LogP contribution in [-0.4, -0.2) is 69.8 Å². The Balaban J connectivity index is 1.65. The van der Waals surface area contributed by atoms with Crippen LogP contribution in [0.1, 0.15) is 6.23 Å². The standard InChI is InChI=1S/C18H18N8O5/c19-14-11-15(21-6-20-14)26(17-13(29)12(28)9(5-27)31-17)18(23-11)25-24-10-7-3-1-2-4-8(7)22-16(10)30/h1-4,6,9,12-13,17,22,27-30H,5H2,(H2,19,20,21). The number of nitrogens with zero attached hydrogens (tertiary/aromatic N) is 6. The Morgan fingerprint density at radius 1 is 1.16 bits per heavy atom. The molecular weight excluding hydrogens is 408 g/mol. The number of nitrogen functional groups attached to an aromatic ring is 1. The van der Waals surface area contributed by atoms with Gasteiger partial charge in [-0.2, -0.15) is 0 Å². The molecule has 4 aromatic rings. The summed E-state index contributed by atoms with van der Waals surface area (Å²) >= 11 is 0. The van der Waals surface area contributed by atoms with Crippen molar-refractivity contribution < 1.29 is 25.2 Å². The van der Waals surface area contributed by atoms with Gasteiger partial charge in [0.1, 0.15) is 24.6 Å². The molecule has 4 unspecified atom stereocenters. The SMILES string of the molecule is Nc1ncnc2c1nc(N=Nc1c(O)[nH]c3ccccc13)n2C1OC(CO)C(O)C1O. The van der Waals surface area contributed by atoms with Crippen LogP contribution in [0.4, 0.5) is 17.5 Å². The number of anilines is 1. The molecule has 4 atom stereocenters. The first-order valence-electron chi connectivity index (χ1n) is 9.32. The molecule has 0 aliphatic carbocycles. The summed E-state index contributed by atoms with van der Waals surface area (Å²) in [5, 5.41) is 49.2. The van der Waals surface area contributed by atoms with Gasteiger partial charge in [0.25, 0.3) is 5.95 Å². The second-order valence-corrected chi connectivity index (χ2v) is 7.01. The number of H-pyrrole nitrogens is 1. The molecule has 1 fully saturated rings. The van der Waals surface area contributed by atoms with Gasteiger partial charge in [-0.1, -0.05) is 18.2 Å². The van der Waals surface area contributed by atoms with Gasteiger partial charge < -0.3 is 35.9 Å². The molecule has 0 saturated carbocycles. The van der Waals surface area contributed by atoms with Crippen LogP contribution in [0.5, 0.6) is 5.88 Å². The summed E-state index contributed by atoms with van der Waals surface area (Å²) in [7, 11) is 0. The predicted molar refractivity (Wildman–Crippen MR) is 107 cm³/mol. The third kappa shape index (κ3) is 2.98. The number of aromatic nitrogens is 5. The highest BCUT2D eigenvalue weighted by Gasteiger charge is 2.45. The average molecular weight is 426 g/mol. The summed E-state index contributed by atoms with van der Waals surface area (Å²) in [6.45, 7) is -0.501. The number of imidazole rings is 1. The van der Waals surface area contributed by atoms with E-state index in [9.17, 15) is 20.4 Å². The molecule has 5 rings (SSSR count). The largest absolute Gasteiger partial charge is 0.493 e. The number of nitrogens with two attached hydrogens (primary N) is 1. The Kier molecular flexibility index (Phi) is 4.51. The Hall–Kier alpha value is -3.65. The van der Waals surface area contributed by atoms with Crippen LogP contribution in [0.3, 0.4) is 0 Å². The number of fused-ring (bicyclic) bond motifs is 2. The van der Waals surface area contributed by atoms with E-state index in [1.165, 1.54) is 10.9 Å². The summed E-state index contributed by atoms with van der Waals surface area (Å²) in [6, 6.07) is 7.14. The molecule has 13 heteroatoms. The van der Waals surface area contributed by atoms with Crippen LogP contribution >= 0.6 is 0 Å². The quantitative estimate of drug-likeness (QED) is 0.253. The maximum atomic E-state index is 10.5. The summed E-state index contributed by atoms with van der Waals surface area (Å²) in [5.74, 6) is -0.163. The van der Waals surface area contributed by atoms with E-state index in [0.717, 1.165) is 0 Å². The van der Waals surface area contributed by atoms with Gasteiger partial charge in [0.15, 0.2) is 28.9 Å². The van der Waals surface area contributed by atoms with Crippen molar-refractivity contribution in [2.24, 2.45) is 10.2 Å². The molecule has 160 valence electrons. The topological polar surface area (TPSA) is 200 Å². The maximum Gasteiger partial charge on any atom is 0.254 e. The van der Waals surface area contributed by atoms with Crippen LogP contribution in [-0.2, 0) is 4.74 Å². The van der Waals surface area contributed by atoms with Gasteiger partial charge in [-0.05, 0) is 6.07 Å². The van der Waals surface area contributed by atoms with Gasteiger partial charge in [0, 0.05) is 5.39 Å². The van der Waals surface area contributed by atoms with E-state index >= 15 is 0 Å². The van der Waals surface area contributed by atoms with E-state index in [1.54, 1.807) is 18.2 Å². The number of azo groups is 1. The lowest BCUT2D eigenvalue weighted by molar-refractivity contribution is -0.0503. The number of hydrogen-bond donors (Lipinski definition) is 6. The Labute approximate surface area is 173 Å². The Bertz CT molecular complexity index is 1300. The zero-order chi connectivity index (χ0) is 21.7. The van der Waals surface area contributed by atoms with Gasteiger partial charge in [-0.3, -0.25) is 4.57 Å². The van der Waals surface area contributed by atoms with Crippen molar-refractivity contribution in [3.05, 3.63) is 30.6 Å². The van der Waals surface area contributed by atoms with Crippen molar-refractivity contribution in [1.82, 2.24) is 24.5 Å². The van der Waals surface area contributed by atoms with Crippen molar-refractivity contribution in [2.75, 3.05) is 12.3 Å². The van der Waals surface area contributed by atoms with Gasteiger partial charge in [0.2, 0.25) is 5.88 Å². The summed E-state index contributed by atoms with van der Waals surface area (Å²) in [4.78, 5) is 15.1. The minimum atomic E-state index is -1.40. The molecule has 1 aromatic carbocycles. The molecule has 31 heavy (non-hydrogen) atoms. The first-order chi connectivity index (χ1) is 15.0. The number of ether oxygens (including phenoxy) is 1. The van der Waals surface area contributed by atoms with Crippen LogP contribution in [0, 0.1) is 0 Å². The van der Waals surface area contributed by atoms with E-state index in [2.05, 4.69) is 30.2 Å². The van der Waals surface area contributed by atoms with Crippen LogP contribution < -0.4 is 5.73 Å². The summed E-state index contributed by atoms with van der Waals surface area (Å²) in [5.41, 5.74) is 7.15. The Morgan fingerprint density at radius 2 is 1.97 bits per heavy atom. The first kappa shape index (κ1) is 19.3. The molecule has 13 nitrogen and oxygen atoms in total. The highest BCUT2D eigenvalue weighted by atomic mass is 16.6. The average Bonchev–Trinajstić information content (AvgIpc) is 3.38. The molecule has 0 spiro atoms. The molecule has 3 aromatic heterocycles. The van der Waals surface area contributed by atoms with E-state index in [1.807, 2.05) is 6.07 Å². The monoisotopic (exact) mass is 426 g/mol.